The Balaban J connectivity index is 1.77. The molecule has 3 rings (SSSR count). The van der Waals surface area contributed by atoms with Crippen LogP contribution in [0.2, 0.25) is 0 Å². The molecule has 0 aromatic heterocycles. The molecule has 0 radical (unpaired) electrons. The Morgan fingerprint density at radius 2 is 2.10 bits per heavy atom. The molecule has 1 aromatic rings. The summed E-state index contributed by atoms with van der Waals surface area (Å²) in [7, 11) is 0. The van der Waals surface area contributed by atoms with Gasteiger partial charge in [-0.15, -0.1) is 0 Å². The van der Waals surface area contributed by atoms with Crippen LogP contribution in [0.15, 0.2) is 18.2 Å². The van der Waals surface area contributed by atoms with Gasteiger partial charge in [0.05, 0.1) is 13.2 Å². The second kappa shape index (κ2) is 9.54. The van der Waals surface area contributed by atoms with Crippen molar-refractivity contribution in [1.82, 2.24) is 15.1 Å². The van der Waals surface area contributed by atoms with Gasteiger partial charge in [0.2, 0.25) is 5.91 Å². The third kappa shape index (κ3) is 5.05. The number of rotatable bonds is 5. The van der Waals surface area contributed by atoms with Gasteiger partial charge < -0.3 is 25.5 Å². The van der Waals surface area contributed by atoms with E-state index in [-0.39, 0.29) is 37.0 Å². The van der Waals surface area contributed by atoms with Crippen LogP contribution in [0, 0.1) is 11.7 Å². The predicted molar refractivity (Wildman–Crippen MR) is 109 cm³/mol. The molecule has 0 bridgehead atoms. The topological polar surface area (TPSA) is 84.9 Å². The lowest BCUT2D eigenvalue weighted by Gasteiger charge is -2.36. The van der Waals surface area contributed by atoms with E-state index in [1.54, 1.807) is 11.0 Å². The Kier molecular flexibility index (Phi) is 7.08. The number of amides is 3. The molecule has 7 nitrogen and oxygen atoms in total. The van der Waals surface area contributed by atoms with Crippen LogP contribution in [0.3, 0.4) is 0 Å². The van der Waals surface area contributed by atoms with Gasteiger partial charge in [-0.2, -0.15) is 0 Å². The molecule has 2 unspecified atom stereocenters. The van der Waals surface area contributed by atoms with Crippen LogP contribution < -0.4 is 10.6 Å². The highest BCUT2D eigenvalue weighted by Gasteiger charge is 2.37. The average Bonchev–Trinajstić information content (AvgIpc) is 2.84. The molecular weight excluding hydrogens is 375 g/mol. The number of aliphatic hydroxyl groups is 1. The van der Waals surface area contributed by atoms with E-state index >= 15 is 0 Å². The van der Waals surface area contributed by atoms with Crippen molar-refractivity contribution in [3.63, 3.8) is 0 Å². The molecule has 0 saturated carbocycles. The largest absolute Gasteiger partial charge is 0.395 e. The van der Waals surface area contributed by atoms with Crippen molar-refractivity contribution in [1.29, 1.82) is 0 Å². The Hall–Kier alpha value is -2.19. The van der Waals surface area contributed by atoms with Crippen LogP contribution in [-0.4, -0.2) is 65.2 Å². The molecule has 3 N–H and O–H groups in total. The van der Waals surface area contributed by atoms with E-state index in [9.17, 15) is 14.0 Å². The number of nitrogens with one attached hydrogen (secondary N) is 2. The van der Waals surface area contributed by atoms with Gasteiger partial charge in [0.1, 0.15) is 11.9 Å². The first kappa shape index (κ1) is 21.5. The molecule has 2 aliphatic rings. The van der Waals surface area contributed by atoms with Crippen molar-refractivity contribution in [3.8, 4) is 0 Å². The molecular formula is C21H31FN4O3. The van der Waals surface area contributed by atoms with E-state index in [1.807, 2.05) is 13.8 Å². The number of hydrogen-bond acceptors (Lipinski definition) is 4. The molecule has 160 valence electrons. The van der Waals surface area contributed by atoms with Gasteiger partial charge in [-0.25, -0.2) is 9.18 Å². The predicted octanol–water partition coefficient (Wildman–Crippen LogP) is 2.16. The minimum Gasteiger partial charge on any atom is -0.395 e. The maximum atomic E-state index is 13.8. The fourth-order valence-electron chi connectivity index (χ4n) is 4.13. The van der Waals surface area contributed by atoms with Crippen LogP contribution >= 0.6 is 0 Å². The average molecular weight is 407 g/mol. The van der Waals surface area contributed by atoms with Gasteiger partial charge in [-0.05, 0) is 42.5 Å². The fraction of sp³-hybridized carbons (Fsp3) is 0.619. The van der Waals surface area contributed by atoms with E-state index in [1.165, 1.54) is 12.1 Å². The van der Waals surface area contributed by atoms with Crippen LogP contribution in [0.5, 0.6) is 0 Å². The number of likely N-dealkylation sites (tertiary alicyclic amines) is 1. The van der Waals surface area contributed by atoms with Gasteiger partial charge >= 0.3 is 6.03 Å². The number of carbonyl (C=O) groups excluding carboxylic acids is 2. The summed E-state index contributed by atoms with van der Waals surface area (Å²) in [6.07, 6.45) is 2.34. The van der Waals surface area contributed by atoms with Crippen molar-refractivity contribution in [2.45, 2.75) is 51.7 Å². The van der Waals surface area contributed by atoms with E-state index in [4.69, 9.17) is 5.11 Å². The van der Waals surface area contributed by atoms with Crippen LogP contribution in [0.25, 0.3) is 0 Å². The molecule has 0 spiro atoms. The quantitative estimate of drug-likeness (QED) is 0.700. The Morgan fingerprint density at radius 3 is 2.76 bits per heavy atom. The van der Waals surface area contributed by atoms with E-state index in [0.717, 1.165) is 32.4 Å². The number of urea groups is 1. The maximum absolute atomic E-state index is 13.8. The van der Waals surface area contributed by atoms with E-state index in [2.05, 4.69) is 15.5 Å². The lowest BCUT2D eigenvalue weighted by Crippen LogP contribution is -2.55. The Morgan fingerprint density at radius 1 is 1.38 bits per heavy atom. The molecule has 2 atom stereocenters. The molecule has 2 aliphatic heterocycles. The van der Waals surface area contributed by atoms with Gasteiger partial charge in [-0.3, -0.25) is 4.79 Å². The number of anilines is 1. The normalized spacial score (nSPS) is 21.9. The molecule has 2 heterocycles. The van der Waals surface area contributed by atoms with Crippen molar-refractivity contribution < 1.29 is 19.1 Å². The van der Waals surface area contributed by atoms with Gasteiger partial charge in [-0.1, -0.05) is 20.3 Å². The van der Waals surface area contributed by atoms with Crippen LogP contribution in [0.1, 0.15) is 38.7 Å². The lowest BCUT2D eigenvalue weighted by atomic mass is 9.97. The monoisotopic (exact) mass is 406 g/mol. The molecule has 1 aromatic carbocycles. The minimum absolute atomic E-state index is 0.0216. The van der Waals surface area contributed by atoms with Crippen LogP contribution in [-0.2, 0) is 11.3 Å². The molecule has 0 aliphatic carbocycles. The number of hydrogen-bond donors (Lipinski definition) is 3. The Bertz CT molecular complexity index is 737. The highest BCUT2D eigenvalue weighted by molar-refractivity contribution is 5.98. The van der Waals surface area contributed by atoms with Gasteiger partial charge in [0, 0.05) is 31.4 Å². The molecule has 1 saturated heterocycles. The first-order chi connectivity index (χ1) is 13.9. The van der Waals surface area contributed by atoms with Crippen molar-refractivity contribution in [3.05, 3.63) is 29.6 Å². The second-order valence-electron chi connectivity index (χ2n) is 8.04. The number of halogens is 1. The van der Waals surface area contributed by atoms with Gasteiger partial charge in [0.25, 0.3) is 0 Å². The standard InChI is InChI=1S/C21H31FN4O3/c1-3-14(2)19-20(28)24-18-5-4-16(22)12-15(18)13-26(19)21(29)23-17-6-8-25(9-7-17)10-11-27/h4-5,12,14,17,19,27H,3,6-11,13H2,1-2H3,(H,23,29)(H,24,28). The highest BCUT2D eigenvalue weighted by atomic mass is 19.1. The van der Waals surface area contributed by atoms with Gasteiger partial charge in [0.15, 0.2) is 0 Å². The van der Waals surface area contributed by atoms with Crippen molar-refractivity contribution in [2.75, 3.05) is 31.6 Å². The summed E-state index contributed by atoms with van der Waals surface area (Å²) in [6, 6.07) is 3.35. The number of β-amino-alcohol motifs (C(OH)–C–C–N with tert-alkyl or cyclic N) is 1. The molecule has 1 fully saturated rings. The fourth-order valence-corrected chi connectivity index (χ4v) is 4.13. The number of carbonyl (C=O) groups is 2. The summed E-state index contributed by atoms with van der Waals surface area (Å²) in [4.78, 5) is 29.8. The lowest BCUT2D eigenvalue weighted by molar-refractivity contribution is -0.121. The van der Waals surface area contributed by atoms with Crippen molar-refractivity contribution >= 4 is 17.6 Å². The molecule has 29 heavy (non-hydrogen) atoms. The number of nitrogens with zero attached hydrogens (tertiary/aromatic N) is 2. The summed E-state index contributed by atoms with van der Waals surface area (Å²) in [5.41, 5.74) is 1.15. The second-order valence-corrected chi connectivity index (χ2v) is 8.04. The smallest absolute Gasteiger partial charge is 0.318 e. The zero-order chi connectivity index (χ0) is 21.0. The first-order valence-corrected chi connectivity index (χ1v) is 10.4. The molecule has 3 amide bonds. The van der Waals surface area contributed by atoms with Crippen molar-refractivity contribution in [2.24, 2.45) is 5.92 Å². The zero-order valence-electron chi connectivity index (χ0n) is 17.2. The van der Waals surface area contributed by atoms with Crippen LogP contribution in [0.4, 0.5) is 14.9 Å². The van der Waals surface area contributed by atoms with E-state index in [0.29, 0.717) is 17.8 Å². The third-order valence-corrected chi connectivity index (χ3v) is 6.05. The summed E-state index contributed by atoms with van der Waals surface area (Å²) < 4.78 is 13.8. The minimum atomic E-state index is -0.620. The maximum Gasteiger partial charge on any atom is 0.318 e. The highest BCUT2D eigenvalue weighted by Crippen LogP contribution is 2.28. The number of aliphatic hydroxyl groups excluding tert-OH is 1. The third-order valence-electron chi connectivity index (χ3n) is 6.05. The summed E-state index contributed by atoms with van der Waals surface area (Å²) in [5, 5.41) is 15.0. The summed E-state index contributed by atoms with van der Waals surface area (Å²) in [6.45, 7) is 6.52. The molecule has 8 heteroatoms. The number of fused-ring (bicyclic) bond motifs is 1. The Labute approximate surface area is 171 Å². The number of piperidine rings is 1. The summed E-state index contributed by atoms with van der Waals surface area (Å²) >= 11 is 0. The first-order valence-electron chi connectivity index (χ1n) is 10.4. The van der Waals surface area contributed by atoms with E-state index < -0.39 is 11.9 Å². The summed E-state index contributed by atoms with van der Waals surface area (Å²) in [5.74, 6) is -0.666. The zero-order valence-corrected chi connectivity index (χ0v) is 17.2. The number of benzene rings is 1. The SMILES string of the molecule is CCC(C)C1C(=O)Nc2ccc(F)cc2CN1C(=O)NC1CCN(CCO)CC1.